The summed E-state index contributed by atoms with van der Waals surface area (Å²) in [4.78, 5) is 25.5. The summed E-state index contributed by atoms with van der Waals surface area (Å²) in [6.07, 6.45) is 4.74. The quantitative estimate of drug-likeness (QED) is 0.517. The fourth-order valence-corrected chi connectivity index (χ4v) is 5.41. The van der Waals surface area contributed by atoms with Gasteiger partial charge in [0.2, 0.25) is 0 Å². The standard InChI is InChI=1S/C28H36N4O2/c1-17-18(2)30-26-22(17)14-21(15-29-26)20-12-19-9-11-31(6)16-24(19)23(13-20)25-8-7-10-32(25)27(33)34-28(3,4)5/h12-15,25H,7-11,16H2,1-6H3,(H,29,30). The Kier molecular flexibility index (Phi) is 5.67. The number of carbonyl (C=O) groups is 1. The third-order valence-electron chi connectivity index (χ3n) is 7.30. The SMILES string of the molecule is Cc1[nH]c2ncc(-c3cc4c(c(C5CCCN5C(=O)OC(C)(C)C)c3)CN(C)CC4)cc2c1C. The van der Waals surface area contributed by atoms with E-state index in [0.717, 1.165) is 55.8 Å². The third-order valence-corrected chi connectivity index (χ3v) is 7.30. The number of hydrogen-bond donors (Lipinski definition) is 1. The van der Waals surface area contributed by atoms with Gasteiger partial charge in [-0.15, -0.1) is 0 Å². The van der Waals surface area contributed by atoms with Gasteiger partial charge in [0, 0.05) is 42.5 Å². The number of likely N-dealkylation sites (tertiary alicyclic amines) is 1. The number of nitrogens with zero attached hydrogens (tertiary/aromatic N) is 3. The summed E-state index contributed by atoms with van der Waals surface area (Å²) in [6, 6.07) is 6.95. The lowest BCUT2D eigenvalue weighted by atomic mass is 9.87. The molecule has 1 fully saturated rings. The lowest BCUT2D eigenvalue weighted by Gasteiger charge is -2.33. The predicted octanol–water partition coefficient (Wildman–Crippen LogP) is 5.91. The molecule has 34 heavy (non-hydrogen) atoms. The number of nitrogens with one attached hydrogen (secondary N) is 1. The average Bonchev–Trinajstić information content (AvgIpc) is 3.37. The number of likely N-dealkylation sites (N-methyl/N-ethyl adjacent to an activating group) is 1. The number of rotatable bonds is 2. The van der Waals surface area contributed by atoms with Crippen LogP contribution in [0.5, 0.6) is 0 Å². The monoisotopic (exact) mass is 460 g/mol. The molecule has 0 saturated carbocycles. The molecule has 6 nitrogen and oxygen atoms in total. The first kappa shape index (κ1) is 22.9. The molecular formula is C28H36N4O2. The zero-order valence-corrected chi connectivity index (χ0v) is 21.3. The number of fused-ring (bicyclic) bond motifs is 2. The van der Waals surface area contributed by atoms with Gasteiger partial charge in [-0.05, 0) is 101 Å². The van der Waals surface area contributed by atoms with Crippen LogP contribution in [0.25, 0.3) is 22.2 Å². The van der Waals surface area contributed by atoms with Crippen LogP contribution in [0.1, 0.15) is 67.6 Å². The van der Waals surface area contributed by atoms with Gasteiger partial charge >= 0.3 is 6.09 Å². The number of aryl methyl sites for hydroxylation is 2. The predicted molar refractivity (Wildman–Crippen MR) is 136 cm³/mol. The van der Waals surface area contributed by atoms with Crippen molar-refractivity contribution in [2.24, 2.45) is 0 Å². The molecule has 1 atom stereocenters. The van der Waals surface area contributed by atoms with Gasteiger partial charge in [-0.25, -0.2) is 9.78 Å². The molecule has 0 aliphatic carbocycles. The Bertz CT molecular complexity index is 1250. The van der Waals surface area contributed by atoms with E-state index in [2.05, 4.69) is 49.0 Å². The number of pyridine rings is 1. The number of benzene rings is 1. The van der Waals surface area contributed by atoms with Crippen molar-refractivity contribution < 1.29 is 9.53 Å². The topological polar surface area (TPSA) is 61.5 Å². The summed E-state index contributed by atoms with van der Waals surface area (Å²) in [7, 11) is 2.18. The highest BCUT2D eigenvalue weighted by Crippen LogP contribution is 2.40. The van der Waals surface area contributed by atoms with Crippen molar-refractivity contribution in [1.82, 2.24) is 19.8 Å². The minimum atomic E-state index is -0.501. The summed E-state index contributed by atoms with van der Waals surface area (Å²) < 4.78 is 5.78. The van der Waals surface area contributed by atoms with Crippen LogP contribution in [0, 0.1) is 13.8 Å². The molecule has 0 radical (unpaired) electrons. The highest BCUT2D eigenvalue weighted by atomic mass is 16.6. The van der Waals surface area contributed by atoms with Crippen molar-refractivity contribution in [1.29, 1.82) is 0 Å². The van der Waals surface area contributed by atoms with Crippen molar-refractivity contribution in [2.45, 2.75) is 72.1 Å². The fraction of sp³-hybridized carbons (Fsp3) is 0.500. The Balaban J connectivity index is 1.60. The van der Waals surface area contributed by atoms with Crippen molar-refractivity contribution in [3.8, 4) is 11.1 Å². The van der Waals surface area contributed by atoms with E-state index in [9.17, 15) is 4.79 Å². The summed E-state index contributed by atoms with van der Waals surface area (Å²) >= 11 is 0. The maximum atomic E-state index is 13.1. The van der Waals surface area contributed by atoms with E-state index in [1.54, 1.807) is 0 Å². The molecule has 4 heterocycles. The van der Waals surface area contributed by atoms with E-state index in [0.29, 0.717) is 0 Å². The molecule has 180 valence electrons. The number of carbonyl (C=O) groups excluding carboxylic acids is 1. The largest absolute Gasteiger partial charge is 0.444 e. The van der Waals surface area contributed by atoms with Crippen LogP contribution in [0.2, 0.25) is 0 Å². The molecule has 3 aromatic rings. The second-order valence-corrected chi connectivity index (χ2v) is 11.0. The van der Waals surface area contributed by atoms with Crippen LogP contribution in [0.3, 0.4) is 0 Å². The molecule has 6 heteroatoms. The molecule has 2 aliphatic rings. The van der Waals surface area contributed by atoms with Gasteiger partial charge in [-0.3, -0.25) is 0 Å². The Morgan fingerprint density at radius 2 is 1.94 bits per heavy atom. The molecule has 2 aromatic heterocycles. The average molecular weight is 461 g/mol. The van der Waals surface area contributed by atoms with Crippen molar-refractivity contribution >= 4 is 17.1 Å². The molecule has 5 rings (SSSR count). The van der Waals surface area contributed by atoms with Gasteiger partial charge in [0.05, 0.1) is 6.04 Å². The normalized spacial score (nSPS) is 19.0. The molecule has 1 N–H and O–H groups in total. The number of hydrogen-bond acceptors (Lipinski definition) is 4. The maximum absolute atomic E-state index is 13.1. The minimum Gasteiger partial charge on any atom is -0.444 e. The van der Waals surface area contributed by atoms with Crippen molar-refractivity contribution in [2.75, 3.05) is 20.1 Å². The van der Waals surface area contributed by atoms with Gasteiger partial charge in [-0.2, -0.15) is 0 Å². The lowest BCUT2D eigenvalue weighted by molar-refractivity contribution is 0.0223. The third kappa shape index (κ3) is 4.20. The summed E-state index contributed by atoms with van der Waals surface area (Å²) in [5, 5.41) is 1.17. The number of ether oxygens (including phenoxy) is 1. The molecule has 1 unspecified atom stereocenters. The van der Waals surface area contributed by atoms with Gasteiger partial charge in [-0.1, -0.05) is 6.07 Å². The van der Waals surface area contributed by atoms with E-state index >= 15 is 0 Å². The van der Waals surface area contributed by atoms with Crippen LogP contribution in [0.4, 0.5) is 4.79 Å². The summed E-state index contributed by atoms with van der Waals surface area (Å²) in [5.41, 5.74) is 9.18. The van der Waals surface area contributed by atoms with Crippen LogP contribution >= 0.6 is 0 Å². The lowest BCUT2D eigenvalue weighted by Crippen LogP contribution is -2.37. The van der Waals surface area contributed by atoms with E-state index in [1.165, 1.54) is 33.2 Å². The second kappa shape index (κ2) is 8.42. The van der Waals surface area contributed by atoms with Crippen LogP contribution in [-0.4, -0.2) is 51.6 Å². The smallest absolute Gasteiger partial charge is 0.410 e. The summed E-state index contributed by atoms with van der Waals surface area (Å²) in [5.74, 6) is 0. The molecule has 1 aromatic carbocycles. The molecule has 1 saturated heterocycles. The first-order valence-corrected chi connectivity index (χ1v) is 12.4. The highest BCUT2D eigenvalue weighted by molar-refractivity contribution is 5.86. The van der Waals surface area contributed by atoms with Gasteiger partial charge in [0.15, 0.2) is 0 Å². The molecule has 2 aliphatic heterocycles. The second-order valence-electron chi connectivity index (χ2n) is 11.0. The fourth-order valence-electron chi connectivity index (χ4n) is 5.41. The zero-order valence-electron chi connectivity index (χ0n) is 21.3. The van der Waals surface area contributed by atoms with Crippen LogP contribution in [0.15, 0.2) is 24.4 Å². The maximum Gasteiger partial charge on any atom is 0.410 e. The molecule has 0 bridgehead atoms. The first-order valence-electron chi connectivity index (χ1n) is 12.4. The number of aromatic amines is 1. The molecule has 1 amide bonds. The van der Waals surface area contributed by atoms with Gasteiger partial charge < -0.3 is 19.5 Å². The van der Waals surface area contributed by atoms with Crippen molar-refractivity contribution in [3.05, 3.63) is 52.3 Å². The van der Waals surface area contributed by atoms with E-state index in [1.807, 2.05) is 31.9 Å². The summed E-state index contributed by atoms with van der Waals surface area (Å²) in [6.45, 7) is 12.7. The van der Waals surface area contributed by atoms with E-state index in [-0.39, 0.29) is 12.1 Å². The molecular weight excluding hydrogens is 424 g/mol. The van der Waals surface area contributed by atoms with Crippen LogP contribution in [-0.2, 0) is 17.7 Å². The number of amides is 1. The van der Waals surface area contributed by atoms with E-state index < -0.39 is 5.60 Å². The Labute approximate surface area is 202 Å². The Morgan fingerprint density at radius 3 is 2.71 bits per heavy atom. The van der Waals surface area contributed by atoms with Crippen LogP contribution < -0.4 is 0 Å². The zero-order chi connectivity index (χ0) is 24.2. The van der Waals surface area contributed by atoms with Gasteiger partial charge in [0.25, 0.3) is 0 Å². The minimum absolute atomic E-state index is 0.0444. The Hall–Kier alpha value is -2.86. The van der Waals surface area contributed by atoms with Crippen molar-refractivity contribution in [3.63, 3.8) is 0 Å². The molecule has 0 spiro atoms. The number of H-pyrrole nitrogens is 1. The first-order chi connectivity index (χ1) is 16.1. The Morgan fingerprint density at radius 1 is 1.15 bits per heavy atom. The van der Waals surface area contributed by atoms with Gasteiger partial charge in [0.1, 0.15) is 11.2 Å². The van der Waals surface area contributed by atoms with E-state index in [4.69, 9.17) is 9.72 Å². The highest BCUT2D eigenvalue weighted by Gasteiger charge is 2.35. The number of aromatic nitrogens is 2.